The Kier molecular flexibility index (Phi) is 12.7. The van der Waals surface area contributed by atoms with Crippen LogP contribution in [-0.4, -0.2) is 13.0 Å². The number of aryl methyl sites for hydroxylation is 1. The molecule has 0 spiro atoms. The van der Waals surface area contributed by atoms with Gasteiger partial charge in [0.25, 0.3) is 10.1 Å². The number of hydrogen-bond donors (Lipinski definition) is 1. The second-order valence-electron chi connectivity index (χ2n) is 7.41. The Labute approximate surface area is 202 Å². The van der Waals surface area contributed by atoms with Crippen molar-refractivity contribution in [3.8, 4) is 17.2 Å². The van der Waals surface area contributed by atoms with E-state index in [1.165, 1.54) is 62.8 Å². The smallest absolute Gasteiger partial charge is 0.870 e. The number of ether oxygens (including phenoxy) is 1. The van der Waals surface area contributed by atoms with Gasteiger partial charge in [0.1, 0.15) is 11.5 Å². The molecule has 0 radical (unpaired) electrons. The molecule has 160 valence electrons. The van der Waals surface area contributed by atoms with E-state index in [0.717, 1.165) is 24.8 Å². The van der Waals surface area contributed by atoms with Gasteiger partial charge in [-0.1, -0.05) is 82.2 Å². The number of benzene rings is 2. The van der Waals surface area contributed by atoms with Crippen LogP contribution < -0.4 is 39.4 Å². The van der Waals surface area contributed by atoms with E-state index in [0.29, 0.717) is 6.42 Å². The zero-order valence-corrected chi connectivity index (χ0v) is 20.9. The molecule has 0 bridgehead atoms. The molecule has 0 aliphatic carbocycles. The topological polar surface area (TPSA) is 86.7 Å². The summed E-state index contributed by atoms with van der Waals surface area (Å²) in [5, 5.41) is 11.9. The molecule has 0 saturated heterocycles. The first-order valence-electron chi connectivity index (χ1n) is 10.5. The first-order valence-corrected chi connectivity index (χ1v) is 11.9. The van der Waals surface area contributed by atoms with Crippen molar-refractivity contribution in [3.05, 3.63) is 48.0 Å². The number of hydrogen-bond acceptors (Lipinski definition) is 4. The zero-order chi connectivity index (χ0) is 21.1. The van der Waals surface area contributed by atoms with E-state index in [9.17, 15) is 18.1 Å². The second kappa shape index (κ2) is 14.1. The van der Waals surface area contributed by atoms with Crippen LogP contribution in [0.2, 0.25) is 0 Å². The molecular weight excluding hydrogens is 411 g/mol. The van der Waals surface area contributed by atoms with E-state index >= 15 is 0 Å². The van der Waals surface area contributed by atoms with Gasteiger partial charge in [-0.2, -0.15) is 8.42 Å². The summed E-state index contributed by atoms with van der Waals surface area (Å²) in [6, 6.07) is 10.6. The van der Waals surface area contributed by atoms with Crippen LogP contribution in [0.25, 0.3) is 0 Å². The Morgan fingerprint density at radius 3 is 2.10 bits per heavy atom. The van der Waals surface area contributed by atoms with Crippen LogP contribution in [0.5, 0.6) is 17.2 Å². The predicted molar refractivity (Wildman–Crippen MR) is 113 cm³/mol. The fourth-order valence-electron chi connectivity index (χ4n) is 3.28. The summed E-state index contributed by atoms with van der Waals surface area (Å²) in [6.45, 7) is 2.22. The van der Waals surface area contributed by atoms with Crippen LogP contribution in [0.1, 0.15) is 70.3 Å². The third-order valence-corrected chi connectivity index (χ3v) is 5.72. The molecule has 0 heterocycles. The molecule has 0 saturated carbocycles. The van der Waals surface area contributed by atoms with Crippen molar-refractivity contribution in [1.82, 2.24) is 0 Å². The van der Waals surface area contributed by atoms with Gasteiger partial charge in [0.05, 0.1) is 4.90 Å². The van der Waals surface area contributed by atoms with Crippen LogP contribution in [0.4, 0.5) is 0 Å². The maximum atomic E-state index is 11.9. The largest absolute Gasteiger partial charge is 1.00 e. The molecule has 0 aliphatic heterocycles. The summed E-state index contributed by atoms with van der Waals surface area (Å²) < 4.78 is 38.3. The average Bonchev–Trinajstić information content (AvgIpc) is 2.68. The normalized spacial score (nSPS) is 11.1. The van der Waals surface area contributed by atoms with Crippen molar-refractivity contribution in [2.45, 2.75) is 76.0 Å². The fraction of sp³-hybridized carbons (Fsp3) is 0.478. The zero-order valence-electron chi connectivity index (χ0n) is 18.1. The maximum Gasteiger partial charge on any atom is 1.00 e. The molecular formula is C23H31NaO5S. The molecule has 0 fully saturated rings. The van der Waals surface area contributed by atoms with Crippen LogP contribution in [-0.2, 0) is 16.5 Å². The molecule has 0 aromatic heterocycles. The molecule has 0 amide bonds. The van der Waals surface area contributed by atoms with E-state index in [4.69, 9.17) is 4.74 Å². The summed E-state index contributed by atoms with van der Waals surface area (Å²) in [4.78, 5) is -0.218. The Morgan fingerprint density at radius 1 is 0.900 bits per heavy atom. The Morgan fingerprint density at radius 2 is 1.50 bits per heavy atom. The third-order valence-electron chi connectivity index (χ3n) is 4.88. The number of para-hydroxylation sites is 2. The van der Waals surface area contributed by atoms with E-state index in [1.807, 2.05) is 0 Å². The first kappa shape index (κ1) is 27.0. The van der Waals surface area contributed by atoms with Crippen LogP contribution in [0.15, 0.2) is 47.4 Å². The second-order valence-corrected chi connectivity index (χ2v) is 8.84. The Bertz CT molecular complexity index is 868. The van der Waals surface area contributed by atoms with E-state index in [-0.39, 0.29) is 51.7 Å². The molecule has 2 aromatic carbocycles. The monoisotopic (exact) mass is 442 g/mol. The minimum Gasteiger partial charge on any atom is -0.870 e. The van der Waals surface area contributed by atoms with Crippen molar-refractivity contribution in [2.75, 3.05) is 0 Å². The Balaban J connectivity index is 0.00000450. The fourth-order valence-corrected chi connectivity index (χ4v) is 3.85. The molecule has 0 atom stereocenters. The van der Waals surface area contributed by atoms with E-state index in [1.54, 1.807) is 18.2 Å². The molecule has 0 unspecified atom stereocenters. The maximum absolute atomic E-state index is 11.9. The van der Waals surface area contributed by atoms with Gasteiger partial charge in [0.2, 0.25) is 0 Å². The number of unbranched alkanes of at least 4 members (excludes halogenated alkanes) is 8. The molecule has 5 nitrogen and oxygen atoms in total. The van der Waals surface area contributed by atoms with Crippen LogP contribution in [0.3, 0.4) is 0 Å². The standard InChI is InChI=1S/C23H32O5S.Na/c1-2-3-4-5-6-7-8-9-10-13-19-16-20(18-21(17-19)29(25,26)27)28-23-15-12-11-14-22(23)24;/h11-12,14-18,24H,2-10,13H2,1H3,(H,25,26,27);/q;+1/p-1. The summed E-state index contributed by atoms with van der Waals surface area (Å²) in [7, 11) is -4.36. The van der Waals surface area contributed by atoms with Gasteiger partial charge in [-0.3, -0.25) is 4.55 Å². The van der Waals surface area contributed by atoms with Gasteiger partial charge in [0.15, 0.2) is 0 Å². The average molecular weight is 443 g/mol. The molecule has 1 N–H and O–H groups in total. The van der Waals surface area contributed by atoms with Crippen LogP contribution in [0, 0.1) is 0 Å². The SMILES string of the molecule is CCCCCCCCCCCc1cc(Oc2ccccc2[O-])cc(S(=O)(=O)O)c1.[Na+]. The van der Waals surface area contributed by atoms with Gasteiger partial charge in [-0.15, -0.1) is 0 Å². The van der Waals surface area contributed by atoms with E-state index < -0.39 is 10.1 Å². The van der Waals surface area contributed by atoms with Crippen molar-refractivity contribution < 1.29 is 52.4 Å². The summed E-state index contributed by atoms with van der Waals surface area (Å²) in [5.41, 5.74) is 0.765. The molecule has 7 heteroatoms. The molecule has 2 aromatic rings. The number of rotatable bonds is 13. The van der Waals surface area contributed by atoms with Crippen molar-refractivity contribution in [3.63, 3.8) is 0 Å². The summed E-state index contributed by atoms with van der Waals surface area (Å²) in [6.07, 6.45) is 11.5. The minimum absolute atomic E-state index is 0. The quantitative estimate of drug-likeness (QED) is 0.293. The third kappa shape index (κ3) is 9.84. The van der Waals surface area contributed by atoms with Crippen molar-refractivity contribution in [2.24, 2.45) is 0 Å². The minimum atomic E-state index is -4.36. The van der Waals surface area contributed by atoms with Crippen molar-refractivity contribution in [1.29, 1.82) is 0 Å². The van der Waals surface area contributed by atoms with Gasteiger partial charge >= 0.3 is 29.6 Å². The Hall–Kier alpha value is -1.05. The van der Waals surface area contributed by atoms with E-state index in [2.05, 4.69) is 6.92 Å². The van der Waals surface area contributed by atoms with Crippen molar-refractivity contribution >= 4 is 10.1 Å². The molecule has 30 heavy (non-hydrogen) atoms. The predicted octanol–water partition coefficient (Wildman–Crippen LogP) is 2.88. The molecule has 2 rings (SSSR count). The molecule has 0 aliphatic rings. The van der Waals surface area contributed by atoms with Crippen LogP contribution >= 0.6 is 0 Å². The first-order chi connectivity index (χ1) is 13.9. The van der Waals surface area contributed by atoms with Gasteiger partial charge < -0.3 is 9.84 Å². The van der Waals surface area contributed by atoms with Gasteiger partial charge in [-0.25, -0.2) is 0 Å². The van der Waals surface area contributed by atoms with Gasteiger partial charge in [0, 0.05) is 6.07 Å². The van der Waals surface area contributed by atoms with Gasteiger partial charge in [-0.05, 0) is 36.6 Å². The summed E-state index contributed by atoms with van der Waals surface area (Å²) >= 11 is 0. The summed E-state index contributed by atoms with van der Waals surface area (Å²) in [5.74, 6) is 0.0635.